The minimum absolute atomic E-state index is 0.262. The van der Waals surface area contributed by atoms with Crippen molar-refractivity contribution in [2.75, 3.05) is 17.7 Å². The highest BCUT2D eigenvalue weighted by atomic mass is 35.5. The smallest absolute Gasteiger partial charge is 0.256 e. The Morgan fingerprint density at radius 3 is 2.50 bits per heavy atom. The number of rotatable bonds is 5. The molecule has 132 valence electrons. The van der Waals surface area contributed by atoms with Gasteiger partial charge in [-0.2, -0.15) is 0 Å². The average Bonchev–Trinajstić information content (AvgIpc) is 2.66. The summed E-state index contributed by atoms with van der Waals surface area (Å²) in [6.45, 7) is 0. The fourth-order valence-corrected chi connectivity index (χ4v) is 2.53. The van der Waals surface area contributed by atoms with Gasteiger partial charge in [-0.3, -0.25) is 4.79 Å². The van der Waals surface area contributed by atoms with Crippen LogP contribution in [0, 0.1) is 0 Å². The predicted molar refractivity (Wildman–Crippen MR) is 105 cm³/mol. The number of benzene rings is 2. The van der Waals surface area contributed by atoms with E-state index in [1.807, 2.05) is 6.07 Å². The van der Waals surface area contributed by atoms with Gasteiger partial charge >= 0.3 is 0 Å². The molecule has 0 aliphatic heterocycles. The van der Waals surface area contributed by atoms with Gasteiger partial charge < -0.3 is 15.4 Å². The van der Waals surface area contributed by atoms with Gasteiger partial charge in [-0.1, -0.05) is 29.3 Å². The second kappa shape index (κ2) is 8.08. The van der Waals surface area contributed by atoms with Crippen LogP contribution in [-0.4, -0.2) is 18.0 Å². The lowest BCUT2D eigenvalue weighted by molar-refractivity contribution is 0.102. The molecule has 3 aromatic rings. The van der Waals surface area contributed by atoms with E-state index in [0.717, 1.165) is 11.4 Å². The van der Waals surface area contributed by atoms with Crippen molar-refractivity contribution < 1.29 is 9.53 Å². The van der Waals surface area contributed by atoms with E-state index in [1.54, 1.807) is 61.8 Å². The molecule has 1 amide bonds. The van der Waals surface area contributed by atoms with E-state index >= 15 is 0 Å². The molecule has 2 aromatic carbocycles. The number of amides is 1. The van der Waals surface area contributed by atoms with E-state index in [4.69, 9.17) is 27.9 Å². The zero-order valence-electron chi connectivity index (χ0n) is 13.8. The average molecular weight is 388 g/mol. The third-order valence-electron chi connectivity index (χ3n) is 3.55. The van der Waals surface area contributed by atoms with Crippen LogP contribution in [-0.2, 0) is 0 Å². The zero-order chi connectivity index (χ0) is 18.5. The van der Waals surface area contributed by atoms with Crippen molar-refractivity contribution in [2.24, 2.45) is 0 Å². The molecule has 0 radical (unpaired) electrons. The number of anilines is 3. The number of ether oxygens (including phenoxy) is 1. The SMILES string of the molecule is COc1cccc(C(=O)Nc2ccc(Nc3ccc(Cl)c(Cl)c3)cn2)c1. The highest BCUT2D eigenvalue weighted by molar-refractivity contribution is 6.42. The molecule has 2 N–H and O–H groups in total. The highest BCUT2D eigenvalue weighted by Crippen LogP contribution is 2.27. The molecular weight excluding hydrogens is 373 g/mol. The van der Waals surface area contributed by atoms with Crippen LogP contribution in [0.4, 0.5) is 17.2 Å². The Hall–Kier alpha value is -2.76. The van der Waals surface area contributed by atoms with Crippen LogP contribution >= 0.6 is 23.2 Å². The number of hydrogen-bond acceptors (Lipinski definition) is 4. The normalized spacial score (nSPS) is 10.3. The maximum absolute atomic E-state index is 12.3. The number of nitrogens with zero attached hydrogens (tertiary/aromatic N) is 1. The summed E-state index contributed by atoms with van der Waals surface area (Å²) < 4.78 is 5.12. The monoisotopic (exact) mass is 387 g/mol. The molecule has 0 aliphatic rings. The first kappa shape index (κ1) is 18.0. The third-order valence-corrected chi connectivity index (χ3v) is 4.28. The molecule has 0 saturated heterocycles. The molecular formula is C19H15Cl2N3O2. The van der Waals surface area contributed by atoms with Gasteiger partial charge in [0, 0.05) is 11.3 Å². The second-order valence-electron chi connectivity index (χ2n) is 5.37. The van der Waals surface area contributed by atoms with Crippen molar-refractivity contribution in [1.82, 2.24) is 4.98 Å². The van der Waals surface area contributed by atoms with Crippen molar-refractivity contribution in [1.29, 1.82) is 0 Å². The number of hydrogen-bond donors (Lipinski definition) is 2. The van der Waals surface area contributed by atoms with Gasteiger partial charge in [0.2, 0.25) is 0 Å². The van der Waals surface area contributed by atoms with Crippen LogP contribution in [0.15, 0.2) is 60.8 Å². The molecule has 0 aliphatic carbocycles. The summed E-state index contributed by atoms with van der Waals surface area (Å²) in [7, 11) is 1.55. The Balaban J connectivity index is 1.67. The Morgan fingerprint density at radius 1 is 1.00 bits per heavy atom. The quantitative estimate of drug-likeness (QED) is 0.615. The summed E-state index contributed by atoms with van der Waals surface area (Å²) in [5, 5.41) is 6.87. The Morgan fingerprint density at radius 2 is 1.81 bits per heavy atom. The summed E-state index contributed by atoms with van der Waals surface area (Å²) in [5.41, 5.74) is 2.03. The minimum atomic E-state index is -0.262. The first-order valence-corrected chi connectivity index (χ1v) is 8.44. The zero-order valence-corrected chi connectivity index (χ0v) is 15.3. The molecule has 0 fully saturated rings. The highest BCUT2D eigenvalue weighted by Gasteiger charge is 2.08. The Labute approximate surface area is 160 Å². The number of methoxy groups -OCH3 is 1. The summed E-state index contributed by atoms with van der Waals surface area (Å²) in [6.07, 6.45) is 1.61. The Kier molecular flexibility index (Phi) is 5.61. The molecule has 0 spiro atoms. The molecule has 3 rings (SSSR count). The topological polar surface area (TPSA) is 63.2 Å². The van der Waals surface area contributed by atoms with E-state index in [-0.39, 0.29) is 5.91 Å². The van der Waals surface area contributed by atoms with Gasteiger partial charge in [-0.15, -0.1) is 0 Å². The molecule has 0 unspecified atom stereocenters. The van der Waals surface area contributed by atoms with Crippen molar-refractivity contribution >= 4 is 46.3 Å². The van der Waals surface area contributed by atoms with Crippen molar-refractivity contribution in [3.8, 4) is 5.75 Å². The standard InChI is InChI=1S/C19H15Cl2N3O2/c1-26-15-4-2-3-12(9-15)19(25)24-18-8-6-14(11-22-18)23-13-5-7-16(20)17(21)10-13/h2-11,23H,1H3,(H,22,24,25). The van der Waals surface area contributed by atoms with Crippen LogP contribution in [0.1, 0.15) is 10.4 Å². The Bertz CT molecular complexity index is 930. The number of aromatic nitrogens is 1. The maximum atomic E-state index is 12.3. The summed E-state index contributed by atoms with van der Waals surface area (Å²) >= 11 is 11.9. The van der Waals surface area contributed by atoms with E-state index < -0.39 is 0 Å². The lowest BCUT2D eigenvalue weighted by atomic mass is 10.2. The lowest BCUT2D eigenvalue weighted by Crippen LogP contribution is -2.12. The molecule has 0 bridgehead atoms. The summed E-state index contributed by atoms with van der Waals surface area (Å²) in [5.74, 6) is 0.797. The molecule has 7 heteroatoms. The third kappa shape index (κ3) is 4.45. The van der Waals surface area contributed by atoms with E-state index in [0.29, 0.717) is 27.2 Å². The summed E-state index contributed by atoms with van der Waals surface area (Å²) in [6, 6.07) is 15.7. The van der Waals surface area contributed by atoms with Crippen molar-refractivity contribution in [3.05, 3.63) is 76.4 Å². The van der Waals surface area contributed by atoms with Crippen LogP contribution < -0.4 is 15.4 Å². The fraction of sp³-hybridized carbons (Fsp3) is 0.0526. The van der Waals surface area contributed by atoms with E-state index in [1.165, 1.54) is 0 Å². The first-order chi connectivity index (χ1) is 12.5. The number of pyridine rings is 1. The molecule has 1 heterocycles. The van der Waals surface area contributed by atoms with Crippen molar-refractivity contribution in [3.63, 3.8) is 0 Å². The maximum Gasteiger partial charge on any atom is 0.256 e. The van der Waals surface area contributed by atoms with Crippen LogP contribution in [0.25, 0.3) is 0 Å². The van der Waals surface area contributed by atoms with Crippen LogP contribution in [0.5, 0.6) is 5.75 Å². The van der Waals surface area contributed by atoms with Gasteiger partial charge in [0.25, 0.3) is 5.91 Å². The number of carbonyl (C=O) groups excluding carboxylic acids is 1. The number of nitrogens with one attached hydrogen (secondary N) is 2. The van der Waals surface area contributed by atoms with Crippen LogP contribution in [0.3, 0.4) is 0 Å². The largest absolute Gasteiger partial charge is 0.497 e. The van der Waals surface area contributed by atoms with Gasteiger partial charge in [-0.25, -0.2) is 4.98 Å². The number of carbonyl (C=O) groups is 1. The van der Waals surface area contributed by atoms with Crippen molar-refractivity contribution in [2.45, 2.75) is 0 Å². The van der Waals surface area contributed by atoms with Gasteiger partial charge in [-0.05, 0) is 48.5 Å². The van der Waals surface area contributed by atoms with E-state index in [2.05, 4.69) is 15.6 Å². The molecule has 1 aromatic heterocycles. The van der Waals surface area contributed by atoms with Gasteiger partial charge in [0.05, 0.1) is 29.0 Å². The molecule has 5 nitrogen and oxygen atoms in total. The minimum Gasteiger partial charge on any atom is -0.497 e. The molecule has 0 saturated carbocycles. The van der Waals surface area contributed by atoms with Gasteiger partial charge in [0.1, 0.15) is 11.6 Å². The van der Waals surface area contributed by atoms with Gasteiger partial charge in [0.15, 0.2) is 0 Å². The first-order valence-electron chi connectivity index (χ1n) is 7.69. The summed E-state index contributed by atoms with van der Waals surface area (Å²) in [4.78, 5) is 16.5. The molecule has 26 heavy (non-hydrogen) atoms. The predicted octanol–water partition coefficient (Wildman–Crippen LogP) is 5.39. The molecule has 0 atom stereocenters. The second-order valence-corrected chi connectivity index (χ2v) is 6.19. The fourth-order valence-electron chi connectivity index (χ4n) is 2.24. The van der Waals surface area contributed by atoms with Crippen LogP contribution in [0.2, 0.25) is 10.0 Å². The number of halogens is 2. The lowest BCUT2D eigenvalue weighted by Gasteiger charge is -2.09. The van der Waals surface area contributed by atoms with E-state index in [9.17, 15) is 4.79 Å².